The van der Waals surface area contributed by atoms with Gasteiger partial charge in [0.15, 0.2) is 0 Å². The Bertz CT molecular complexity index is 1070. The average Bonchev–Trinajstić information content (AvgIpc) is 2.69. The van der Waals surface area contributed by atoms with Crippen LogP contribution in [0.1, 0.15) is 38.8 Å². The number of nitrogens with zero attached hydrogens (tertiary/aromatic N) is 4. The number of carbonyl (C=O) groups is 2. The molecule has 2 aromatic rings. The Morgan fingerprint density at radius 1 is 1.18 bits per heavy atom. The summed E-state index contributed by atoms with van der Waals surface area (Å²) in [5.74, 6) is -0.149. The van der Waals surface area contributed by atoms with Crippen LogP contribution in [0.3, 0.4) is 0 Å². The lowest BCUT2D eigenvalue weighted by molar-refractivity contribution is -0.130. The standard InChI is InChI=1S/C23H35N5O5/c1-14-16(13-28(22(31)32)23(3,4)5)9-10-17-18(14)20(30)33-21(25-17)24-15(2)19(29)27(8)12-11-26(6)7/h9-10,15H,11-13H2,1-8H3,(H,24,25)(H,31,32)/t15-/m0/s1. The number of aromatic nitrogens is 1. The van der Waals surface area contributed by atoms with E-state index in [2.05, 4.69) is 10.3 Å². The number of hydrogen-bond donors (Lipinski definition) is 2. The zero-order chi connectivity index (χ0) is 25.1. The fraction of sp³-hybridized carbons (Fsp3) is 0.565. The van der Waals surface area contributed by atoms with Gasteiger partial charge in [0.25, 0.3) is 6.01 Å². The zero-order valence-electron chi connectivity index (χ0n) is 20.7. The minimum atomic E-state index is -1.04. The van der Waals surface area contributed by atoms with E-state index < -0.39 is 23.3 Å². The Balaban J connectivity index is 2.29. The van der Waals surface area contributed by atoms with E-state index in [9.17, 15) is 19.5 Å². The van der Waals surface area contributed by atoms with Crippen molar-refractivity contribution in [1.82, 2.24) is 19.7 Å². The van der Waals surface area contributed by atoms with Crippen molar-refractivity contribution in [2.24, 2.45) is 0 Å². The fourth-order valence-corrected chi connectivity index (χ4v) is 3.40. The van der Waals surface area contributed by atoms with Gasteiger partial charge in [-0.25, -0.2) is 9.59 Å². The molecule has 0 aliphatic heterocycles. The number of benzene rings is 1. The van der Waals surface area contributed by atoms with Crippen LogP contribution < -0.4 is 10.9 Å². The molecule has 0 radical (unpaired) electrons. The lowest BCUT2D eigenvalue weighted by Crippen LogP contribution is -2.44. The van der Waals surface area contributed by atoms with Crippen molar-refractivity contribution in [3.05, 3.63) is 33.7 Å². The number of fused-ring (bicyclic) bond motifs is 1. The summed E-state index contributed by atoms with van der Waals surface area (Å²) in [5.41, 5.74) is 0.518. The molecule has 10 heteroatoms. The zero-order valence-corrected chi connectivity index (χ0v) is 20.7. The molecule has 0 aliphatic rings. The highest BCUT2D eigenvalue weighted by molar-refractivity contribution is 5.85. The maximum absolute atomic E-state index is 12.8. The number of aryl methyl sites for hydroxylation is 1. The van der Waals surface area contributed by atoms with Crippen LogP contribution in [0, 0.1) is 6.92 Å². The summed E-state index contributed by atoms with van der Waals surface area (Å²) in [7, 11) is 5.59. The van der Waals surface area contributed by atoms with E-state index in [0.717, 1.165) is 6.54 Å². The third kappa shape index (κ3) is 6.44. The summed E-state index contributed by atoms with van der Waals surface area (Å²) in [4.78, 5) is 46.3. The molecule has 2 N–H and O–H groups in total. The topological polar surface area (TPSA) is 119 Å². The molecule has 0 saturated carbocycles. The Morgan fingerprint density at radius 3 is 2.36 bits per heavy atom. The lowest BCUT2D eigenvalue weighted by atomic mass is 10.0. The molecule has 33 heavy (non-hydrogen) atoms. The quantitative estimate of drug-likeness (QED) is 0.616. The van der Waals surface area contributed by atoms with Gasteiger partial charge in [0.05, 0.1) is 10.9 Å². The molecule has 1 atom stereocenters. The van der Waals surface area contributed by atoms with Crippen molar-refractivity contribution < 1.29 is 19.1 Å². The van der Waals surface area contributed by atoms with Crippen LogP contribution in [0.2, 0.25) is 0 Å². The highest BCUT2D eigenvalue weighted by Crippen LogP contribution is 2.24. The van der Waals surface area contributed by atoms with Crippen molar-refractivity contribution >= 4 is 28.9 Å². The molecule has 1 aromatic carbocycles. The Morgan fingerprint density at radius 2 is 1.82 bits per heavy atom. The summed E-state index contributed by atoms with van der Waals surface area (Å²) in [6, 6.07) is 2.75. The van der Waals surface area contributed by atoms with Gasteiger partial charge in [0.2, 0.25) is 5.91 Å². The van der Waals surface area contributed by atoms with E-state index in [1.54, 1.807) is 37.9 Å². The van der Waals surface area contributed by atoms with Crippen LogP contribution in [0.5, 0.6) is 0 Å². The number of hydrogen-bond acceptors (Lipinski definition) is 7. The Kier molecular flexibility index (Phi) is 8.07. The number of likely N-dealkylation sites (N-methyl/N-ethyl adjacent to an activating group) is 2. The summed E-state index contributed by atoms with van der Waals surface area (Å²) < 4.78 is 5.36. The molecule has 0 saturated heterocycles. The smallest absolute Gasteiger partial charge is 0.408 e. The number of anilines is 1. The van der Waals surface area contributed by atoms with Crippen molar-refractivity contribution in [2.75, 3.05) is 39.5 Å². The van der Waals surface area contributed by atoms with Crippen LogP contribution in [0.25, 0.3) is 10.9 Å². The first-order valence-corrected chi connectivity index (χ1v) is 10.8. The van der Waals surface area contributed by atoms with Gasteiger partial charge in [0, 0.05) is 32.2 Å². The SMILES string of the molecule is Cc1c(CN(C(=O)O)C(C)(C)C)ccc2nc(N[C@@H](C)C(=O)N(C)CCN(C)C)oc(=O)c12. The monoisotopic (exact) mass is 461 g/mol. The fourth-order valence-electron chi connectivity index (χ4n) is 3.40. The number of amides is 2. The van der Waals surface area contributed by atoms with Gasteiger partial charge in [-0.1, -0.05) is 6.07 Å². The molecule has 0 aliphatic carbocycles. The van der Waals surface area contributed by atoms with Gasteiger partial charge in [-0.15, -0.1) is 0 Å². The number of carbonyl (C=O) groups excluding carboxylic acids is 1. The summed E-state index contributed by atoms with van der Waals surface area (Å²) in [5, 5.41) is 12.8. The molecule has 182 valence electrons. The third-order valence-corrected chi connectivity index (χ3v) is 5.51. The van der Waals surface area contributed by atoms with E-state index in [0.29, 0.717) is 28.6 Å². The predicted octanol–water partition coefficient (Wildman–Crippen LogP) is 2.60. The maximum atomic E-state index is 12.8. The minimum Gasteiger partial charge on any atom is -0.465 e. The second kappa shape index (κ2) is 10.2. The second-order valence-electron chi connectivity index (χ2n) is 9.52. The molecular formula is C23H35N5O5. The van der Waals surface area contributed by atoms with Crippen LogP contribution in [-0.2, 0) is 11.3 Å². The van der Waals surface area contributed by atoms with Gasteiger partial charge in [-0.3, -0.25) is 9.69 Å². The van der Waals surface area contributed by atoms with Crippen molar-refractivity contribution in [2.45, 2.75) is 52.7 Å². The average molecular weight is 462 g/mol. The van der Waals surface area contributed by atoms with E-state index in [1.165, 1.54) is 4.90 Å². The van der Waals surface area contributed by atoms with Crippen LogP contribution in [-0.4, -0.2) is 82.6 Å². The molecule has 1 heterocycles. The lowest BCUT2D eigenvalue weighted by Gasteiger charge is -2.33. The van der Waals surface area contributed by atoms with Gasteiger partial charge in [-0.05, 0) is 65.9 Å². The van der Waals surface area contributed by atoms with Crippen LogP contribution in [0.4, 0.5) is 10.8 Å². The first-order chi connectivity index (χ1) is 15.2. The van der Waals surface area contributed by atoms with Crippen LogP contribution in [0.15, 0.2) is 21.3 Å². The van der Waals surface area contributed by atoms with E-state index in [1.807, 2.05) is 39.8 Å². The summed E-state index contributed by atoms with van der Waals surface area (Å²) in [6.45, 7) is 10.3. The van der Waals surface area contributed by atoms with Gasteiger partial charge < -0.3 is 24.6 Å². The maximum Gasteiger partial charge on any atom is 0.408 e. The van der Waals surface area contributed by atoms with Crippen molar-refractivity contribution in [1.29, 1.82) is 0 Å². The molecule has 1 aromatic heterocycles. The summed E-state index contributed by atoms with van der Waals surface area (Å²) >= 11 is 0. The van der Waals surface area contributed by atoms with Gasteiger partial charge in [-0.2, -0.15) is 4.98 Å². The first kappa shape index (κ1) is 26.1. The molecular weight excluding hydrogens is 426 g/mol. The van der Waals surface area contributed by atoms with Gasteiger partial charge >= 0.3 is 11.7 Å². The summed E-state index contributed by atoms with van der Waals surface area (Å²) in [6.07, 6.45) is -1.04. The molecule has 0 fully saturated rings. The van der Waals surface area contributed by atoms with Crippen molar-refractivity contribution in [3.8, 4) is 0 Å². The highest BCUT2D eigenvalue weighted by Gasteiger charge is 2.27. The molecule has 10 nitrogen and oxygen atoms in total. The Hall–Kier alpha value is -3.14. The molecule has 0 bridgehead atoms. The number of rotatable bonds is 8. The molecule has 2 rings (SSSR count). The van der Waals surface area contributed by atoms with E-state index in [-0.39, 0.29) is 18.5 Å². The predicted molar refractivity (Wildman–Crippen MR) is 128 cm³/mol. The largest absolute Gasteiger partial charge is 0.465 e. The second-order valence-corrected chi connectivity index (χ2v) is 9.52. The number of nitrogens with one attached hydrogen (secondary N) is 1. The first-order valence-electron chi connectivity index (χ1n) is 10.8. The van der Waals surface area contributed by atoms with E-state index >= 15 is 0 Å². The van der Waals surface area contributed by atoms with Crippen molar-refractivity contribution in [3.63, 3.8) is 0 Å². The van der Waals surface area contributed by atoms with E-state index in [4.69, 9.17) is 4.42 Å². The molecule has 0 spiro atoms. The molecule has 2 amide bonds. The Labute approximate surface area is 194 Å². The normalized spacial score (nSPS) is 12.6. The number of carboxylic acid groups (broad SMARTS) is 1. The minimum absolute atomic E-state index is 0.0386. The highest BCUT2D eigenvalue weighted by atomic mass is 16.4. The molecule has 0 unspecified atom stereocenters. The van der Waals surface area contributed by atoms with Gasteiger partial charge in [0.1, 0.15) is 6.04 Å². The van der Waals surface area contributed by atoms with Crippen LogP contribution >= 0.6 is 0 Å². The third-order valence-electron chi connectivity index (χ3n) is 5.51.